The fourth-order valence-corrected chi connectivity index (χ4v) is 3.03. The molecule has 0 aromatic rings. The van der Waals surface area contributed by atoms with Crippen LogP contribution in [0.25, 0.3) is 0 Å². The van der Waals surface area contributed by atoms with E-state index in [-0.39, 0.29) is 23.8 Å². The Kier molecular flexibility index (Phi) is 4.46. The van der Waals surface area contributed by atoms with Crippen molar-refractivity contribution in [3.05, 3.63) is 0 Å². The first-order valence-electron chi connectivity index (χ1n) is 7.72. The van der Waals surface area contributed by atoms with Gasteiger partial charge in [-0.1, -0.05) is 13.8 Å². The van der Waals surface area contributed by atoms with Crippen LogP contribution >= 0.6 is 0 Å². The van der Waals surface area contributed by atoms with Gasteiger partial charge in [0.05, 0.1) is 19.0 Å². The van der Waals surface area contributed by atoms with E-state index in [1.165, 1.54) is 0 Å². The lowest BCUT2D eigenvalue weighted by Gasteiger charge is -2.50. The van der Waals surface area contributed by atoms with Gasteiger partial charge in [0.25, 0.3) is 0 Å². The molecule has 0 aromatic heterocycles. The number of urea groups is 1. The van der Waals surface area contributed by atoms with E-state index in [0.717, 1.165) is 19.4 Å². The second-order valence-corrected chi connectivity index (χ2v) is 6.91. The third kappa shape index (κ3) is 3.15. The van der Waals surface area contributed by atoms with Gasteiger partial charge in [-0.05, 0) is 18.8 Å². The monoisotopic (exact) mass is 297 g/mol. The van der Waals surface area contributed by atoms with Crippen LogP contribution in [0.5, 0.6) is 0 Å². The number of hydrogen-bond acceptors (Lipinski definition) is 3. The number of likely N-dealkylation sites (tertiary alicyclic amines) is 2. The zero-order chi connectivity index (χ0) is 15.8. The van der Waals surface area contributed by atoms with Gasteiger partial charge < -0.3 is 19.8 Å². The van der Waals surface area contributed by atoms with E-state index in [2.05, 4.69) is 0 Å². The van der Waals surface area contributed by atoms with Crippen molar-refractivity contribution in [2.75, 3.05) is 40.3 Å². The maximum atomic E-state index is 12.5. The molecule has 0 spiro atoms. The lowest BCUT2D eigenvalue weighted by molar-refractivity contribution is -0.168. The van der Waals surface area contributed by atoms with Crippen LogP contribution < -0.4 is 0 Å². The second-order valence-electron chi connectivity index (χ2n) is 6.91. The summed E-state index contributed by atoms with van der Waals surface area (Å²) in [7, 11) is 3.46. The maximum Gasteiger partial charge on any atom is 0.319 e. The van der Waals surface area contributed by atoms with E-state index in [9.17, 15) is 14.7 Å². The number of rotatable bonds is 2. The fourth-order valence-electron chi connectivity index (χ4n) is 3.03. The van der Waals surface area contributed by atoms with Crippen LogP contribution in [0.15, 0.2) is 0 Å². The SMILES string of the molecule is CC(C)C1(O)CN(C(=O)C2CCCN(C(=O)N(C)C)C2)C1. The number of nitrogens with zero attached hydrogens (tertiary/aromatic N) is 3. The van der Waals surface area contributed by atoms with E-state index in [0.29, 0.717) is 19.6 Å². The molecule has 120 valence electrons. The zero-order valence-corrected chi connectivity index (χ0v) is 13.5. The van der Waals surface area contributed by atoms with Gasteiger partial charge in [-0.15, -0.1) is 0 Å². The van der Waals surface area contributed by atoms with Crippen molar-refractivity contribution in [2.24, 2.45) is 11.8 Å². The second kappa shape index (κ2) is 5.83. The standard InChI is InChI=1S/C15H27N3O3/c1-11(2)15(21)9-18(10-15)13(19)12-6-5-7-17(8-12)14(20)16(3)4/h11-12,21H,5-10H2,1-4H3. The van der Waals surface area contributed by atoms with Crippen LogP contribution in [0.1, 0.15) is 26.7 Å². The molecular weight excluding hydrogens is 270 g/mol. The van der Waals surface area contributed by atoms with Gasteiger partial charge in [0.15, 0.2) is 0 Å². The quantitative estimate of drug-likeness (QED) is 0.812. The Morgan fingerprint density at radius 3 is 2.38 bits per heavy atom. The molecule has 0 aromatic carbocycles. The lowest BCUT2D eigenvalue weighted by atomic mass is 9.81. The Bertz CT molecular complexity index is 416. The summed E-state index contributed by atoms with van der Waals surface area (Å²) in [4.78, 5) is 29.5. The first-order valence-corrected chi connectivity index (χ1v) is 7.72. The predicted octanol–water partition coefficient (Wildman–Crippen LogP) is 0.609. The normalized spacial score (nSPS) is 24.8. The minimum absolute atomic E-state index is 0.0326. The van der Waals surface area contributed by atoms with Crippen LogP contribution in [0, 0.1) is 11.8 Å². The summed E-state index contributed by atoms with van der Waals surface area (Å²) in [5.41, 5.74) is -0.733. The Balaban J connectivity index is 1.91. The molecule has 1 atom stereocenters. The van der Waals surface area contributed by atoms with E-state index in [1.54, 1.807) is 28.8 Å². The Morgan fingerprint density at radius 2 is 1.86 bits per heavy atom. The van der Waals surface area contributed by atoms with Gasteiger partial charge >= 0.3 is 6.03 Å². The molecule has 3 amide bonds. The van der Waals surface area contributed by atoms with E-state index < -0.39 is 5.60 Å². The average molecular weight is 297 g/mol. The molecular formula is C15H27N3O3. The average Bonchev–Trinajstić information content (AvgIpc) is 2.42. The third-order valence-electron chi connectivity index (χ3n) is 4.74. The van der Waals surface area contributed by atoms with E-state index in [1.807, 2.05) is 13.8 Å². The van der Waals surface area contributed by atoms with Gasteiger partial charge in [-0.2, -0.15) is 0 Å². The van der Waals surface area contributed by atoms with Crippen LogP contribution in [0.4, 0.5) is 4.79 Å². The van der Waals surface area contributed by atoms with Gasteiger partial charge in [0.1, 0.15) is 5.60 Å². The molecule has 2 heterocycles. The van der Waals surface area contributed by atoms with Gasteiger partial charge in [0, 0.05) is 27.2 Å². The Hall–Kier alpha value is -1.30. The van der Waals surface area contributed by atoms with E-state index >= 15 is 0 Å². The molecule has 1 unspecified atom stereocenters. The molecule has 0 aliphatic carbocycles. The number of carbonyl (C=O) groups is 2. The molecule has 2 aliphatic rings. The van der Waals surface area contributed by atoms with Crippen molar-refractivity contribution < 1.29 is 14.7 Å². The summed E-state index contributed by atoms with van der Waals surface area (Å²) in [6.45, 7) is 5.99. The molecule has 2 saturated heterocycles. The van der Waals surface area contributed by atoms with Gasteiger partial charge in [-0.25, -0.2) is 4.79 Å². The van der Waals surface area contributed by atoms with Crippen LogP contribution in [0.3, 0.4) is 0 Å². The summed E-state index contributed by atoms with van der Waals surface area (Å²) in [6, 6.07) is -0.0326. The summed E-state index contributed by atoms with van der Waals surface area (Å²) in [5.74, 6) is 0.107. The van der Waals surface area contributed by atoms with Crippen molar-refractivity contribution >= 4 is 11.9 Å². The molecule has 6 heteroatoms. The minimum atomic E-state index is -0.733. The summed E-state index contributed by atoms with van der Waals surface area (Å²) in [5, 5.41) is 10.3. The largest absolute Gasteiger partial charge is 0.386 e. The lowest BCUT2D eigenvalue weighted by Crippen LogP contribution is -2.67. The van der Waals surface area contributed by atoms with E-state index in [4.69, 9.17) is 0 Å². The molecule has 0 saturated carbocycles. The van der Waals surface area contributed by atoms with Crippen molar-refractivity contribution in [3.63, 3.8) is 0 Å². The predicted molar refractivity (Wildman–Crippen MR) is 79.7 cm³/mol. The highest BCUT2D eigenvalue weighted by atomic mass is 16.3. The minimum Gasteiger partial charge on any atom is -0.386 e. The van der Waals surface area contributed by atoms with Crippen LogP contribution in [-0.2, 0) is 4.79 Å². The third-order valence-corrected chi connectivity index (χ3v) is 4.74. The smallest absolute Gasteiger partial charge is 0.319 e. The molecule has 0 radical (unpaired) electrons. The Labute approximate surface area is 126 Å². The fraction of sp³-hybridized carbons (Fsp3) is 0.867. The number of β-amino-alcohol motifs (C(OH)–C–C–N with tert-alkyl or cyclic N) is 1. The number of aliphatic hydroxyl groups is 1. The molecule has 6 nitrogen and oxygen atoms in total. The highest BCUT2D eigenvalue weighted by molar-refractivity contribution is 5.81. The zero-order valence-electron chi connectivity index (χ0n) is 13.5. The van der Waals surface area contributed by atoms with Crippen LogP contribution in [-0.4, -0.2) is 77.6 Å². The summed E-state index contributed by atoms with van der Waals surface area (Å²) < 4.78 is 0. The number of carbonyl (C=O) groups excluding carboxylic acids is 2. The van der Waals surface area contributed by atoms with Gasteiger partial charge in [0.2, 0.25) is 5.91 Å². The molecule has 1 N–H and O–H groups in total. The van der Waals surface area contributed by atoms with Gasteiger partial charge in [-0.3, -0.25) is 4.79 Å². The number of amides is 3. The number of piperidine rings is 1. The maximum absolute atomic E-state index is 12.5. The summed E-state index contributed by atoms with van der Waals surface area (Å²) >= 11 is 0. The van der Waals surface area contributed by atoms with Crippen molar-refractivity contribution in [3.8, 4) is 0 Å². The van der Waals surface area contributed by atoms with Crippen molar-refractivity contribution in [2.45, 2.75) is 32.3 Å². The molecule has 2 rings (SSSR count). The van der Waals surface area contributed by atoms with Crippen molar-refractivity contribution in [1.82, 2.24) is 14.7 Å². The molecule has 0 bridgehead atoms. The highest BCUT2D eigenvalue weighted by Crippen LogP contribution is 2.31. The first kappa shape index (κ1) is 16.1. The number of hydrogen-bond donors (Lipinski definition) is 1. The molecule has 21 heavy (non-hydrogen) atoms. The van der Waals surface area contributed by atoms with Crippen molar-refractivity contribution in [1.29, 1.82) is 0 Å². The highest BCUT2D eigenvalue weighted by Gasteiger charge is 2.47. The first-order chi connectivity index (χ1) is 9.74. The summed E-state index contributed by atoms with van der Waals surface area (Å²) in [6.07, 6.45) is 1.69. The molecule has 2 aliphatic heterocycles. The topological polar surface area (TPSA) is 64.1 Å². The van der Waals surface area contributed by atoms with Crippen LogP contribution in [0.2, 0.25) is 0 Å². The molecule has 2 fully saturated rings. The Morgan fingerprint density at radius 1 is 1.24 bits per heavy atom.